The van der Waals surface area contributed by atoms with E-state index in [9.17, 15) is 13.6 Å². The van der Waals surface area contributed by atoms with Crippen molar-refractivity contribution in [2.45, 2.75) is 31.2 Å². The van der Waals surface area contributed by atoms with E-state index < -0.39 is 6.03 Å². The molecule has 1 heterocycles. The molecule has 24 heavy (non-hydrogen) atoms. The maximum atomic E-state index is 13.1. The Morgan fingerprint density at radius 3 is 2.21 bits per heavy atom. The number of amides is 2. The fraction of sp³-hybridized carbons (Fsp3) is 0.316. The Bertz CT molecular complexity index is 700. The molecule has 1 fully saturated rings. The molecule has 126 valence electrons. The van der Waals surface area contributed by atoms with Gasteiger partial charge in [-0.15, -0.1) is 0 Å². The number of urea groups is 1. The lowest BCUT2D eigenvalue weighted by Crippen LogP contribution is -2.49. The van der Waals surface area contributed by atoms with Crippen molar-refractivity contribution < 1.29 is 13.6 Å². The standard InChI is InChI=1S/C19H20F2N2O/c20-16-5-1-13(2-6-16)11-18-12-15(9-10-23(18)19(22)24)14-3-7-17(21)8-4-14/h1-8,15,18H,9-12H2,(H2,22,24). The third kappa shape index (κ3) is 3.72. The average molecular weight is 330 g/mol. The molecule has 1 saturated heterocycles. The van der Waals surface area contributed by atoms with Gasteiger partial charge in [-0.05, 0) is 60.6 Å². The molecule has 2 N–H and O–H groups in total. The van der Waals surface area contributed by atoms with Crippen LogP contribution in [0.4, 0.5) is 13.6 Å². The average Bonchev–Trinajstić information content (AvgIpc) is 2.57. The number of rotatable bonds is 3. The molecule has 3 rings (SSSR count). The number of hydrogen-bond acceptors (Lipinski definition) is 1. The highest BCUT2D eigenvalue weighted by Crippen LogP contribution is 2.33. The molecular weight excluding hydrogens is 310 g/mol. The summed E-state index contributed by atoms with van der Waals surface area (Å²) in [6.45, 7) is 0.573. The Labute approximate surface area is 140 Å². The van der Waals surface area contributed by atoms with Crippen LogP contribution in [0.25, 0.3) is 0 Å². The number of hydrogen-bond donors (Lipinski definition) is 1. The Morgan fingerprint density at radius 1 is 1.04 bits per heavy atom. The van der Waals surface area contributed by atoms with Crippen LogP contribution in [0.5, 0.6) is 0 Å². The number of benzene rings is 2. The maximum absolute atomic E-state index is 13.1. The minimum Gasteiger partial charge on any atom is -0.351 e. The van der Waals surface area contributed by atoms with Crippen molar-refractivity contribution in [3.8, 4) is 0 Å². The van der Waals surface area contributed by atoms with Gasteiger partial charge in [0.05, 0.1) is 0 Å². The predicted octanol–water partition coefficient (Wildman–Crippen LogP) is 3.83. The van der Waals surface area contributed by atoms with Crippen LogP contribution in [0.15, 0.2) is 48.5 Å². The van der Waals surface area contributed by atoms with Crippen LogP contribution in [0.2, 0.25) is 0 Å². The number of nitrogens with two attached hydrogens (primary N) is 1. The van der Waals surface area contributed by atoms with Crippen LogP contribution >= 0.6 is 0 Å². The van der Waals surface area contributed by atoms with Gasteiger partial charge in [0.1, 0.15) is 11.6 Å². The SMILES string of the molecule is NC(=O)N1CCC(c2ccc(F)cc2)CC1Cc1ccc(F)cc1. The summed E-state index contributed by atoms with van der Waals surface area (Å²) in [5, 5.41) is 0. The van der Waals surface area contributed by atoms with Gasteiger partial charge in [-0.2, -0.15) is 0 Å². The van der Waals surface area contributed by atoms with Crippen LogP contribution in [0.3, 0.4) is 0 Å². The largest absolute Gasteiger partial charge is 0.351 e. The first-order valence-corrected chi connectivity index (χ1v) is 8.09. The smallest absolute Gasteiger partial charge is 0.315 e. The van der Waals surface area contributed by atoms with E-state index >= 15 is 0 Å². The third-order valence-electron chi connectivity index (χ3n) is 4.72. The predicted molar refractivity (Wildman–Crippen MR) is 88.6 cm³/mol. The van der Waals surface area contributed by atoms with Gasteiger partial charge >= 0.3 is 6.03 Å². The first kappa shape index (κ1) is 16.4. The van der Waals surface area contributed by atoms with Crippen LogP contribution in [0.1, 0.15) is 29.9 Å². The molecule has 0 aromatic heterocycles. The van der Waals surface area contributed by atoms with Crippen molar-refractivity contribution in [2.24, 2.45) is 5.73 Å². The van der Waals surface area contributed by atoms with E-state index in [0.29, 0.717) is 13.0 Å². The zero-order chi connectivity index (χ0) is 17.1. The van der Waals surface area contributed by atoms with Crippen molar-refractivity contribution in [1.82, 2.24) is 4.90 Å². The van der Waals surface area contributed by atoms with Crippen molar-refractivity contribution in [2.75, 3.05) is 6.54 Å². The fourth-order valence-corrected chi connectivity index (χ4v) is 3.46. The zero-order valence-corrected chi connectivity index (χ0v) is 13.3. The highest BCUT2D eigenvalue weighted by molar-refractivity contribution is 5.72. The Morgan fingerprint density at radius 2 is 1.62 bits per heavy atom. The van der Waals surface area contributed by atoms with E-state index in [4.69, 9.17) is 5.73 Å². The van der Waals surface area contributed by atoms with Gasteiger partial charge in [0, 0.05) is 12.6 Å². The molecule has 2 unspecified atom stereocenters. The molecule has 2 aromatic carbocycles. The summed E-state index contributed by atoms with van der Waals surface area (Å²) in [7, 11) is 0. The summed E-state index contributed by atoms with van der Waals surface area (Å²) < 4.78 is 26.2. The van der Waals surface area contributed by atoms with Gasteiger partial charge in [-0.3, -0.25) is 0 Å². The van der Waals surface area contributed by atoms with Crippen molar-refractivity contribution >= 4 is 6.03 Å². The molecular formula is C19H20F2N2O. The van der Waals surface area contributed by atoms with Crippen LogP contribution in [-0.4, -0.2) is 23.5 Å². The van der Waals surface area contributed by atoms with E-state index in [1.54, 1.807) is 29.2 Å². The summed E-state index contributed by atoms with van der Waals surface area (Å²) >= 11 is 0. The van der Waals surface area contributed by atoms with Crippen LogP contribution in [0, 0.1) is 11.6 Å². The molecule has 0 saturated carbocycles. The van der Waals surface area contributed by atoms with E-state index in [0.717, 1.165) is 24.0 Å². The molecule has 2 aromatic rings. The maximum Gasteiger partial charge on any atom is 0.315 e. The van der Waals surface area contributed by atoms with Crippen molar-refractivity contribution in [1.29, 1.82) is 0 Å². The highest BCUT2D eigenvalue weighted by atomic mass is 19.1. The van der Waals surface area contributed by atoms with Crippen LogP contribution < -0.4 is 5.73 Å². The van der Waals surface area contributed by atoms with Gasteiger partial charge in [0.15, 0.2) is 0 Å². The third-order valence-corrected chi connectivity index (χ3v) is 4.72. The van der Waals surface area contributed by atoms with Gasteiger partial charge in [0.2, 0.25) is 0 Å². The molecule has 3 nitrogen and oxygen atoms in total. The topological polar surface area (TPSA) is 46.3 Å². The lowest BCUT2D eigenvalue weighted by molar-refractivity contribution is 0.150. The van der Waals surface area contributed by atoms with Gasteiger partial charge < -0.3 is 10.6 Å². The molecule has 2 amide bonds. The number of primary amides is 1. The van der Waals surface area contributed by atoms with E-state index in [1.807, 2.05) is 0 Å². The number of likely N-dealkylation sites (tertiary alicyclic amines) is 1. The molecule has 1 aliphatic heterocycles. The Hall–Kier alpha value is -2.43. The quantitative estimate of drug-likeness (QED) is 0.913. The molecule has 1 aliphatic rings. The molecule has 0 spiro atoms. The number of carbonyl (C=O) groups excluding carboxylic acids is 1. The normalized spacial score (nSPS) is 20.8. The Balaban J connectivity index is 1.77. The van der Waals surface area contributed by atoms with Crippen LogP contribution in [-0.2, 0) is 6.42 Å². The van der Waals surface area contributed by atoms with Gasteiger partial charge in [0.25, 0.3) is 0 Å². The number of carbonyl (C=O) groups is 1. The fourth-order valence-electron chi connectivity index (χ4n) is 3.46. The molecule has 2 atom stereocenters. The monoisotopic (exact) mass is 330 g/mol. The summed E-state index contributed by atoms with van der Waals surface area (Å²) in [4.78, 5) is 13.4. The second kappa shape index (κ2) is 6.99. The summed E-state index contributed by atoms with van der Waals surface area (Å²) in [6.07, 6.45) is 2.18. The molecule has 0 aliphatic carbocycles. The number of piperidine rings is 1. The summed E-state index contributed by atoms with van der Waals surface area (Å²) in [5.41, 5.74) is 7.56. The van der Waals surface area contributed by atoms with Gasteiger partial charge in [-0.25, -0.2) is 13.6 Å². The van der Waals surface area contributed by atoms with E-state index in [1.165, 1.54) is 24.3 Å². The number of halogens is 2. The Kier molecular flexibility index (Phi) is 4.79. The lowest BCUT2D eigenvalue weighted by atomic mass is 9.83. The minimum absolute atomic E-state index is 0.0447. The molecule has 5 heteroatoms. The van der Waals surface area contributed by atoms with E-state index in [2.05, 4.69) is 0 Å². The van der Waals surface area contributed by atoms with Crippen molar-refractivity contribution in [3.05, 3.63) is 71.3 Å². The number of nitrogens with zero attached hydrogens (tertiary/aromatic N) is 1. The molecule has 0 bridgehead atoms. The van der Waals surface area contributed by atoms with E-state index in [-0.39, 0.29) is 23.6 Å². The lowest BCUT2D eigenvalue weighted by Gasteiger charge is -2.39. The molecule has 0 radical (unpaired) electrons. The first-order valence-electron chi connectivity index (χ1n) is 8.09. The summed E-state index contributed by atoms with van der Waals surface area (Å²) in [5.74, 6) is -0.277. The second-order valence-corrected chi connectivity index (χ2v) is 6.29. The first-order chi connectivity index (χ1) is 11.5. The highest BCUT2D eigenvalue weighted by Gasteiger charge is 2.31. The van der Waals surface area contributed by atoms with Gasteiger partial charge in [-0.1, -0.05) is 24.3 Å². The minimum atomic E-state index is -0.431. The second-order valence-electron chi connectivity index (χ2n) is 6.29. The summed E-state index contributed by atoms with van der Waals surface area (Å²) in [6, 6.07) is 12.4. The van der Waals surface area contributed by atoms with Crippen molar-refractivity contribution in [3.63, 3.8) is 0 Å². The zero-order valence-electron chi connectivity index (χ0n) is 13.3.